The molecule has 1 N–H and O–H groups in total. The number of carbonyl (C=O) groups is 2. The van der Waals surface area contributed by atoms with E-state index in [1.165, 1.54) is 4.90 Å². The zero-order valence-corrected chi connectivity index (χ0v) is 18.7. The first-order chi connectivity index (χ1) is 14.7. The van der Waals surface area contributed by atoms with Crippen molar-refractivity contribution in [3.8, 4) is 11.5 Å². The van der Waals surface area contributed by atoms with Crippen LogP contribution in [0.1, 0.15) is 43.5 Å². The summed E-state index contributed by atoms with van der Waals surface area (Å²) in [7, 11) is 3.12. The van der Waals surface area contributed by atoms with Crippen LogP contribution in [0, 0.1) is 0 Å². The van der Waals surface area contributed by atoms with Gasteiger partial charge in [0.15, 0.2) is 11.5 Å². The van der Waals surface area contributed by atoms with Crippen LogP contribution >= 0.6 is 0 Å². The predicted molar refractivity (Wildman–Crippen MR) is 117 cm³/mol. The van der Waals surface area contributed by atoms with E-state index in [4.69, 9.17) is 14.2 Å². The number of fused-ring (bicyclic) bond motifs is 1. The van der Waals surface area contributed by atoms with Crippen LogP contribution in [0.15, 0.2) is 42.5 Å². The van der Waals surface area contributed by atoms with Crippen molar-refractivity contribution in [2.45, 2.75) is 45.4 Å². The Hall–Kier alpha value is -3.22. The van der Waals surface area contributed by atoms with Crippen LogP contribution in [-0.2, 0) is 22.6 Å². The van der Waals surface area contributed by atoms with E-state index in [2.05, 4.69) is 5.32 Å². The summed E-state index contributed by atoms with van der Waals surface area (Å²) in [5, 5.41) is 2.99. The van der Waals surface area contributed by atoms with Gasteiger partial charge in [0.2, 0.25) is 5.91 Å². The van der Waals surface area contributed by atoms with Gasteiger partial charge in [0, 0.05) is 12.1 Å². The standard InChI is InChI=1S/C24H30N2O5/c1-24(2,3)25-22(27)21-18-14-20(30-5)19(29-4)13-17(18)11-12-26(21)23(28)31-15-16-9-7-6-8-10-16/h6-10,13-14,21H,11-12,15H2,1-5H3,(H,25,27). The number of benzene rings is 2. The summed E-state index contributed by atoms with van der Waals surface area (Å²) in [4.78, 5) is 27.8. The number of methoxy groups -OCH3 is 2. The number of hydrogen-bond donors (Lipinski definition) is 1. The Bertz CT molecular complexity index is 937. The Morgan fingerprint density at radius 2 is 1.71 bits per heavy atom. The van der Waals surface area contributed by atoms with Crippen LogP contribution in [-0.4, -0.2) is 43.2 Å². The van der Waals surface area contributed by atoms with Gasteiger partial charge in [-0.2, -0.15) is 0 Å². The highest BCUT2D eigenvalue weighted by molar-refractivity contribution is 5.88. The molecule has 1 aliphatic heterocycles. The third-order valence-electron chi connectivity index (χ3n) is 5.06. The molecule has 1 unspecified atom stereocenters. The summed E-state index contributed by atoms with van der Waals surface area (Å²) in [6.45, 7) is 6.21. The van der Waals surface area contributed by atoms with Gasteiger partial charge in [-0.3, -0.25) is 9.69 Å². The van der Waals surface area contributed by atoms with Crippen LogP contribution in [0.4, 0.5) is 4.79 Å². The summed E-state index contributed by atoms with van der Waals surface area (Å²) < 4.78 is 16.4. The lowest BCUT2D eigenvalue weighted by molar-refractivity contribution is -0.128. The van der Waals surface area contributed by atoms with E-state index < -0.39 is 17.7 Å². The first-order valence-electron chi connectivity index (χ1n) is 10.3. The lowest BCUT2D eigenvalue weighted by atomic mass is 9.91. The van der Waals surface area contributed by atoms with Gasteiger partial charge in [-0.15, -0.1) is 0 Å². The monoisotopic (exact) mass is 426 g/mol. The molecular formula is C24H30N2O5. The molecule has 0 spiro atoms. The molecule has 31 heavy (non-hydrogen) atoms. The van der Waals surface area contributed by atoms with E-state index in [0.717, 1.165) is 11.1 Å². The Morgan fingerprint density at radius 3 is 2.32 bits per heavy atom. The highest BCUT2D eigenvalue weighted by Crippen LogP contribution is 2.38. The van der Waals surface area contributed by atoms with Crippen molar-refractivity contribution >= 4 is 12.0 Å². The van der Waals surface area contributed by atoms with Crippen LogP contribution < -0.4 is 14.8 Å². The highest BCUT2D eigenvalue weighted by Gasteiger charge is 2.39. The zero-order valence-electron chi connectivity index (χ0n) is 18.7. The maximum Gasteiger partial charge on any atom is 0.411 e. The maximum atomic E-state index is 13.3. The van der Waals surface area contributed by atoms with Crippen molar-refractivity contribution in [3.05, 3.63) is 59.2 Å². The molecule has 1 aliphatic rings. The molecule has 2 aromatic rings. The number of hydrogen-bond acceptors (Lipinski definition) is 5. The van der Waals surface area contributed by atoms with Gasteiger partial charge >= 0.3 is 6.09 Å². The van der Waals surface area contributed by atoms with Crippen molar-refractivity contribution in [1.29, 1.82) is 0 Å². The van der Waals surface area contributed by atoms with Gasteiger partial charge in [0.25, 0.3) is 0 Å². The lowest BCUT2D eigenvalue weighted by Gasteiger charge is -2.37. The number of amides is 2. The summed E-state index contributed by atoms with van der Waals surface area (Å²) in [5.41, 5.74) is 2.08. The van der Waals surface area contributed by atoms with Crippen LogP contribution in [0.5, 0.6) is 11.5 Å². The largest absolute Gasteiger partial charge is 0.493 e. The van der Waals surface area contributed by atoms with Crippen molar-refractivity contribution < 1.29 is 23.8 Å². The molecule has 7 nitrogen and oxygen atoms in total. The molecule has 7 heteroatoms. The minimum atomic E-state index is -0.828. The normalized spacial score (nSPS) is 15.6. The lowest BCUT2D eigenvalue weighted by Crippen LogP contribution is -2.51. The SMILES string of the molecule is COc1cc2c(cc1OC)C(C(=O)NC(C)(C)C)N(C(=O)OCc1ccccc1)CC2. The molecule has 0 fully saturated rings. The van der Waals surface area contributed by atoms with Crippen molar-refractivity contribution in [1.82, 2.24) is 10.2 Å². The minimum Gasteiger partial charge on any atom is -0.493 e. The van der Waals surface area contributed by atoms with Gasteiger partial charge in [0.05, 0.1) is 14.2 Å². The van der Waals surface area contributed by atoms with Gasteiger partial charge < -0.3 is 19.5 Å². The molecule has 0 saturated heterocycles. The summed E-state index contributed by atoms with van der Waals surface area (Å²) in [5.74, 6) is 0.836. The number of ether oxygens (including phenoxy) is 3. The number of carbonyl (C=O) groups excluding carboxylic acids is 2. The molecule has 1 heterocycles. The average molecular weight is 427 g/mol. The molecule has 0 saturated carbocycles. The van der Waals surface area contributed by atoms with Crippen LogP contribution in [0.2, 0.25) is 0 Å². The van der Waals surface area contributed by atoms with Gasteiger partial charge in [-0.25, -0.2) is 4.79 Å². The molecule has 0 bridgehead atoms. The molecule has 3 rings (SSSR count). The molecule has 1 atom stereocenters. The fourth-order valence-electron chi connectivity index (χ4n) is 3.67. The van der Waals surface area contributed by atoms with E-state index in [-0.39, 0.29) is 12.5 Å². The average Bonchev–Trinajstić information content (AvgIpc) is 2.75. The van der Waals surface area contributed by atoms with Gasteiger partial charge in [-0.1, -0.05) is 30.3 Å². The molecule has 0 radical (unpaired) electrons. The number of rotatable bonds is 5. The smallest absolute Gasteiger partial charge is 0.411 e. The Kier molecular flexibility index (Phi) is 6.73. The van der Waals surface area contributed by atoms with E-state index in [1.807, 2.05) is 57.2 Å². The van der Waals surface area contributed by atoms with E-state index in [0.29, 0.717) is 30.0 Å². The molecule has 0 aliphatic carbocycles. The molecule has 2 amide bonds. The fourth-order valence-corrected chi connectivity index (χ4v) is 3.67. The van der Waals surface area contributed by atoms with Crippen molar-refractivity contribution in [3.63, 3.8) is 0 Å². The summed E-state index contributed by atoms with van der Waals surface area (Å²) in [6.07, 6.45) is 0.0495. The van der Waals surface area contributed by atoms with Crippen LogP contribution in [0.3, 0.4) is 0 Å². The second-order valence-corrected chi connectivity index (χ2v) is 8.53. The topological polar surface area (TPSA) is 77.1 Å². The first-order valence-corrected chi connectivity index (χ1v) is 10.3. The van der Waals surface area contributed by atoms with Gasteiger partial charge in [0.1, 0.15) is 12.6 Å². The number of nitrogens with one attached hydrogen (secondary N) is 1. The second-order valence-electron chi connectivity index (χ2n) is 8.53. The first kappa shape index (κ1) is 22.5. The molecular weight excluding hydrogens is 396 g/mol. The Balaban J connectivity index is 1.93. The predicted octanol–water partition coefficient (Wildman–Crippen LogP) is 3.85. The maximum absolute atomic E-state index is 13.3. The van der Waals surface area contributed by atoms with Crippen molar-refractivity contribution in [2.75, 3.05) is 20.8 Å². The van der Waals surface area contributed by atoms with Crippen molar-refractivity contribution in [2.24, 2.45) is 0 Å². The summed E-state index contributed by atoms with van der Waals surface area (Å²) in [6, 6.07) is 12.3. The van der Waals surface area contributed by atoms with E-state index in [9.17, 15) is 9.59 Å². The minimum absolute atomic E-state index is 0.141. The third-order valence-corrected chi connectivity index (χ3v) is 5.06. The fraction of sp³-hybridized carbons (Fsp3) is 0.417. The number of nitrogens with zero attached hydrogens (tertiary/aromatic N) is 1. The highest BCUT2D eigenvalue weighted by atomic mass is 16.6. The Morgan fingerprint density at radius 1 is 1.06 bits per heavy atom. The van der Waals surface area contributed by atoms with Crippen LogP contribution in [0.25, 0.3) is 0 Å². The molecule has 0 aromatic heterocycles. The Labute approximate surface area is 183 Å². The quantitative estimate of drug-likeness (QED) is 0.786. The summed E-state index contributed by atoms with van der Waals surface area (Å²) >= 11 is 0. The molecule has 166 valence electrons. The van der Waals surface area contributed by atoms with Gasteiger partial charge in [-0.05, 0) is 56.0 Å². The zero-order chi connectivity index (χ0) is 22.6. The van der Waals surface area contributed by atoms with E-state index >= 15 is 0 Å². The third kappa shape index (κ3) is 5.29. The van der Waals surface area contributed by atoms with E-state index in [1.54, 1.807) is 20.3 Å². The molecule has 2 aromatic carbocycles. The second kappa shape index (κ2) is 9.29.